The fraction of sp³-hybridized carbons (Fsp3) is 0.357. The number of para-hydroxylation sites is 1. The fourth-order valence-electron chi connectivity index (χ4n) is 1.74. The molecule has 0 amide bonds. The van der Waals surface area contributed by atoms with Crippen molar-refractivity contribution in [2.45, 2.75) is 6.42 Å². The van der Waals surface area contributed by atoms with Gasteiger partial charge < -0.3 is 15.5 Å². The van der Waals surface area contributed by atoms with Gasteiger partial charge >= 0.3 is 0 Å². The van der Waals surface area contributed by atoms with Gasteiger partial charge in [-0.15, -0.1) is 5.10 Å². The Morgan fingerprint density at radius 2 is 2.05 bits per heavy atom. The Balaban J connectivity index is 1.93. The second-order valence-corrected chi connectivity index (χ2v) is 5.71. The van der Waals surface area contributed by atoms with Gasteiger partial charge in [0, 0.05) is 11.0 Å². The van der Waals surface area contributed by atoms with Crippen molar-refractivity contribution in [3.8, 4) is 0 Å². The zero-order chi connectivity index (χ0) is 15.1. The Morgan fingerprint density at radius 1 is 1.24 bits per heavy atom. The third-order valence-corrected chi connectivity index (χ3v) is 3.46. The van der Waals surface area contributed by atoms with Gasteiger partial charge in [0.2, 0.25) is 5.95 Å². The molecule has 0 unspecified atom stereocenters. The van der Waals surface area contributed by atoms with E-state index in [1.807, 2.05) is 24.3 Å². The molecule has 2 N–H and O–H groups in total. The minimum atomic E-state index is 0.472. The Bertz CT molecular complexity index is 575. The monoisotopic (exact) mass is 350 g/mol. The van der Waals surface area contributed by atoms with E-state index in [0.717, 1.165) is 35.5 Å². The summed E-state index contributed by atoms with van der Waals surface area (Å²) in [6.07, 6.45) is 2.67. The van der Waals surface area contributed by atoms with Gasteiger partial charge in [0.15, 0.2) is 5.82 Å². The molecular weight excluding hydrogens is 332 g/mol. The summed E-state index contributed by atoms with van der Waals surface area (Å²) in [7, 11) is 4.12. The molecule has 0 radical (unpaired) electrons. The highest BCUT2D eigenvalue weighted by Crippen LogP contribution is 2.23. The van der Waals surface area contributed by atoms with E-state index in [1.165, 1.54) is 0 Å². The van der Waals surface area contributed by atoms with Crippen molar-refractivity contribution in [3.63, 3.8) is 0 Å². The molecule has 0 saturated carbocycles. The van der Waals surface area contributed by atoms with Crippen LogP contribution >= 0.6 is 15.9 Å². The first-order valence-electron chi connectivity index (χ1n) is 6.75. The fourth-order valence-corrected chi connectivity index (χ4v) is 2.12. The zero-order valence-electron chi connectivity index (χ0n) is 12.2. The Hall–Kier alpha value is -1.73. The maximum Gasteiger partial charge on any atom is 0.249 e. The topological polar surface area (TPSA) is 66.0 Å². The maximum absolute atomic E-state index is 4.40. The molecule has 0 aliphatic heterocycles. The van der Waals surface area contributed by atoms with Gasteiger partial charge in [-0.2, -0.15) is 10.1 Å². The second-order valence-electron chi connectivity index (χ2n) is 4.85. The summed E-state index contributed by atoms with van der Waals surface area (Å²) in [5.41, 5.74) is 0.907. The van der Waals surface area contributed by atoms with Gasteiger partial charge in [-0.25, -0.2) is 0 Å². The first-order valence-corrected chi connectivity index (χ1v) is 7.54. The Labute approximate surface area is 133 Å². The average Bonchev–Trinajstić information content (AvgIpc) is 2.46. The molecule has 0 fully saturated rings. The number of aromatic nitrogens is 3. The minimum Gasteiger partial charge on any atom is -0.369 e. The number of hydrogen-bond acceptors (Lipinski definition) is 6. The molecule has 112 valence electrons. The zero-order valence-corrected chi connectivity index (χ0v) is 13.8. The van der Waals surface area contributed by atoms with Crippen LogP contribution in [0.3, 0.4) is 0 Å². The molecule has 2 rings (SSSR count). The van der Waals surface area contributed by atoms with E-state index >= 15 is 0 Å². The van der Waals surface area contributed by atoms with Crippen LogP contribution in [-0.4, -0.2) is 47.3 Å². The van der Waals surface area contributed by atoms with Crippen LogP contribution in [0.5, 0.6) is 0 Å². The van der Waals surface area contributed by atoms with E-state index < -0.39 is 0 Å². The summed E-state index contributed by atoms with van der Waals surface area (Å²) in [4.78, 5) is 6.55. The van der Waals surface area contributed by atoms with E-state index in [1.54, 1.807) is 6.20 Å². The highest BCUT2D eigenvalue weighted by atomic mass is 79.9. The number of anilines is 3. The number of nitrogens with one attached hydrogen (secondary N) is 2. The highest BCUT2D eigenvalue weighted by molar-refractivity contribution is 9.10. The Kier molecular flexibility index (Phi) is 5.89. The van der Waals surface area contributed by atoms with Crippen LogP contribution in [0, 0.1) is 0 Å². The van der Waals surface area contributed by atoms with Gasteiger partial charge in [-0.1, -0.05) is 12.1 Å². The second kappa shape index (κ2) is 7.90. The molecule has 0 aliphatic rings. The van der Waals surface area contributed by atoms with Gasteiger partial charge in [0.1, 0.15) is 0 Å². The smallest absolute Gasteiger partial charge is 0.249 e. The summed E-state index contributed by atoms with van der Waals surface area (Å²) in [5, 5.41) is 14.3. The van der Waals surface area contributed by atoms with Crippen LogP contribution in [0.25, 0.3) is 0 Å². The SMILES string of the molecule is CN(C)CCCNc1cnnc(Nc2ccccc2Br)n1. The van der Waals surface area contributed by atoms with Crippen molar-refractivity contribution in [1.29, 1.82) is 0 Å². The van der Waals surface area contributed by atoms with Crippen molar-refractivity contribution in [2.24, 2.45) is 0 Å². The summed E-state index contributed by atoms with van der Waals surface area (Å²) < 4.78 is 0.956. The van der Waals surface area contributed by atoms with Crippen LogP contribution in [0.4, 0.5) is 17.5 Å². The van der Waals surface area contributed by atoms with Gasteiger partial charge in [-0.3, -0.25) is 0 Å². The maximum atomic E-state index is 4.40. The number of halogens is 1. The first-order chi connectivity index (χ1) is 10.1. The molecule has 1 heterocycles. The lowest BCUT2D eigenvalue weighted by Crippen LogP contribution is -2.17. The number of hydrogen-bond donors (Lipinski definition) is 2. The summed E-state index contributed by atoms with van der Waals surface area (Å²) >= 11 is 3.48. The van der Waals surface area contributed by atoms with Crippen LogP contribution in [0.2, 0.25) is 0 Å². The third kappa shape index (κ3) is 5.28. The van der Waals surface area contributed by atoms with E-state index in [-0.39, 0.29) is 0 Å². The molecule has 0 atom stereocenters. The molecule has 0 bridgehead atoms. The molecule has 0 aliphatic carbocycles. The minimum absolute atomic E-state index is 0.472. The third-order valence-electron chi connectivity index (χ3n) is 2.77. The van der Waals surface area contributed by atoms with Gasteiger partial charge in [0.05, 0.1) is 11.9 Å². The van der Waals surface area contributed by atoms with E-state index in [2.05, 4.69) is 60.7 Å². The van der Waals surface area contributed by atoms with Crippen molar-refractivity contribution in [2.75, 3.05) is 37.8 Å². The van der Waals surface area contributed by atoms with Gasteiger partial charge in [-0.05, 0) is 55.1 Å². The molecule has 1 aromatic heterocycles. The van der Waals surface area contributed by atoms with Crippen LogP contribution in [0.1, 0.15) is 6.42 Å². The quantitative estimate of drug-likeness (QED) is 0.748. The molecule has 6 nitrogen and oxygen atoms in total. The molecule has 0 saturated heterocycles. The predicted molar refractivity (Wildman–Crippen MR) is 88.9 cm³/mol. The first kappa shape index (κ1) is 15.7. The lowest BCUT2D eigenvalue weighted by atomic mass is 10.3. The van der Waals surface area contributed by atoms with Crippen LogP contribution in [0.15, 0.2) is 34.9 Å². The van der Waals surface area contributed by atoms with Crippen molar-refractivity contribution < 1.29 is 0 Å². The number of nitrogens with zero attached hydrogens (tertiary/aromatic N) is 4. The summed E-state index contributed by atoms with van der Waals surface area (Å²) in [6.45, 7) is 1.89. The van der Waals surface area contributed by atoms with Crippen molar-refractivity contribution >= 4 is 33.4 Å². The summed E-state index contributed by atoms with van der Waals surface area (Å²) in [6, 6.07) is 7.81. The molecular formula is C14H19BrN6. The van der Waals surface area contributed by atoms with E-state index in [9.17, 15) is 0 Å². The molecule has 2 aromatic rings. The van der Waals surface area contributed by atoms with Gasteiger partial charge in [0.25, 0.3) is 0 Å². The molecule has 7 heteroatoms. The van der Waals surface area contributed by atoms with Crippen LogP contribution in [-0.2, 0) is 0 Å². The Morgan fingerprint density at radius 3 is 2.81 bits per heavy atom. The van der Waals surface area contributed by atoms with Crippen LogP contribution < -0.4 is 10.6 Å². The largest absolute Gasteiger partial charge is 0.369 e. The highest BCUT2D eigenvalue weighted by Gasteiger charge is 2.03. The lowest BCUT2D eigenvalue weighted by Gasteiger charge is -2.11. The van der Waals surface area contributed by atoms with Crippen molar-refractivity contribution in [1.82, 2.24) is 20.1 Å². The lowest BCUT2D eigenvalue weighted by molar-refractivity contribution is 0.405. The molecule has 21 heavy (non-hydrogen) atoms. The number of rotatable bonds is 7. The predicted octanol–water partition coefficient (Wildman–Crippen LogP) is 2.74. The summed E-state index contributed by atoms with van der Waals surface area (Å²) in [5.74, 6) is 1.19. The molecule has 0 spiro atoms. The van der Waals surface area contributed by atoms with E-state index in [0.29, 0.717) is 5.95 Å². The normalized spacial score (nSPS) is 10.7. The van der Waals surface area contributed by atoms with E-state index in [4.69, 9.17) is 0 Å². The standard InChI is InChI=1S/C14H19BrN6/c1-21(2)9-5-8-16-13-10-17-20-14(19-13)18-12-7-4-3-6-11(12)15/h3-4,6-7,10H,5,8-9H2,1-2H3,(H2,16,18,19,20). The average molecular weight is 351 g/mol. The molecule has 1 aromatic carbocycles. The number of benzene rings is 1. The van der Waals surface area contributed by atoms with Crippen molar-refractivity contribution in [3.05, 3.63) is 34.9 Å².